The van der Waals surface area contributed by atoms with Gasteiger partial charge in [0.05, 0.1) is 4.47 Å². The maximum Gasteiger partial charge on any atom is 0.317 e. The summed E-state index contributed by atoms with van der Waals surface area (Å²) in [4.78, 5) is 11.0. The molecule has 0 saturated heterocycles. The van der Waals surface area contributed by atoms with E-state index in [9.17, 15) is 4.79 Å². The fraction of sp³-hybridized carbons (Fsp3) is 0.444. The molecule has 1 heterocycles. The van der Waals surface area contributed by atoms with E-state index in [-0.39, 0.29) is 0 Å². The van der Waals surface area contributed by atoms with Crippen molar-refractivity contribution in [3.8, 4) is 0 Å². The lowest BCUT2D eigenvalue weighted by atomic mass is 9.67. The maximum atomic E-state index is 11.0. The molecule has 1 N–H and O–H groups in total. The van der Waals surface area contributed by atoms with E-state index in [2.05, 4.69) is 15.9 Å². The zero-order valence-electron chi connectivity index (χ0n) is 6.92. The van der Waals surface area contributed by atoms with Gasteiger partial charge >= 0.3 is 5.97 Å². The molecule has 0 radical (unpaired) electrons. The van der Waals surface area contributed by atoms with Crippen LogP contribution in [0.3, 0.4) is 0 Å². The van der Waals surface area contributed by atoms with Gasteiger partial charge < -0.3 is 9.52 Å². The average Bonchev–Trinajstić information content (AvgIpc) is 2.32. The fourth-order valence-electron chi connectivity index (χ4n) is 1.66. The molecule has 4 heteroatoms. The minimum absolute atomic E-state index is 0.568. The highest BCUT2D eigenvalue weighted by atomic mass is 79.9. The van der Waals surface area contributed by atoms with Crippen molar-refractivity contribution in [1.82, 2.24) is 0 Å². The molecule has 70 valence electrons. The van der Waals surface area contributed by atoms with Gasteiger partial charge in [0, 0.05) is 0 Å². The maximum absolute atomic E-state index is 11.0. The Morgan fingerprint density at radius 1 is 1.62 bits per heavy atom. The molecule has 0 spiro atoms. The minimum atomic E-state index is -0.777. The first-order valence-electron chi connectivity index (χ1n) is 4.13. The number of rotatable bonds is 2. The highest BCUT2D eigenvalue weighted by Crippen LogP contribution is 2.44. The minimum Gasteiger partial charge on any atom is -0.480 e. The number of hydrogen-bond acceptors (Lipinski definition) is 2. The molecule has 13 heavy (non-hydrogen) atoms. The molecular formula is C9H9BrO3. The molecule has 1 saturated carbocycles. The number of carbonyl (C=O) groups is 1. The van der Waals surface area contributed by atoms with E-state index in [1.54, 1.807) is 6.07 Å². The van der Waals surface area contributed by atoms with Gasteiger partial charge in [-0.05, 0) is 34.8 Å². The van der Waals surface area contributed by atoms with Gasteiger partial charge in [0.2, 0.25) is 0 Å². The third kappa shape index (κ3) is 1.20. The molecule has 0 atom stereocenters. The Labute approximate surface area is 83.9 Å². The summed E-state index contributed by atoms with van der Waals surface area (Å²) in [6, 6.07) is 1.74. The Morgan fingerprint density at radius 3 is 2.62 bits per heavy atom. The van der Waals surface area contributed by atoms with Crippen molar-refractivity contribution in [2.45, 2.75) is 24.7 Å². The van der Waals surface area contributed by atoms with Crippen molar-refractivity contribution in [2.24, 2.45) is 0 Å². The number of hydrogen-bond donors (Lipinski definition) is 1. The molecule has 1 aliphatic carbocycles. The third-order valence-corrected chi connectivity index (χ3v) is 3.07. The van der Waals surface area contributed by atoms with Gasteiger partial charge in [-0.2, -0.15) is 0 Å². The summed E-state index contributed by atoms with van der Waals surface area (Å²) >= 11 is 3.24. The van der Waals surface area contributed by atoms with Crippen LogP contribution in [0.2, 0.25) is 0 Å². The van der Waals surface area contributed by atoms with E-state index in [0.29, 0.717) is 18.6 Å². The summed E-state index contributed by atoms with van der Waals surface area (Å²) < 4.78 is 6.01. The Hall–Kier alpha value is -0.770. The number of carboxylic acids is 1. The van der Waals surface area contributed by atoms with Crippen LogP contribution in [-0.4, -0.2) is 11.1 Å². The van der Waals surface area contributed by atoms with Gasteiger partial charge in [0.25, 0.3) is 0 Å². The Balaban J connectivity index is 2.37. The van der Waals surface area contributed by atoms with Crippen LogP contribution in [0.1, 0.15) is 25.0 Å². The smallest absolute Gasteiger partial charge is 0.317 e. The molecule has 1 fully saturated rings. The van der Waals surface area contributed by atoms with E-state index in [0.717, 1.165) is 10.9 Å². The van der Waals surface area contributed by atoms with Crippen molar-refractivity contribution in [3.63, 3.8) is 0 Å². The Kier molecular flexibility index (Phi) is 1.95. The van der Waals surface area contributed by atoms with Gasteiger partial charge in [0.15, 0.2) is 0 Å². The molecule has 0 unspecified atom stereocenters. The molecule has 1 aromatic heterocycles. The lowest BCUT2D eigenvalue weighted by Gasteiger charge is -2.35. The summed E-state index contributed by atoms with van der Waals surface area (Å²) in [5, 5.41) is 9.07. The first-order valence-corrected chi connectivity index (χ1v) is 4.92. The van der Waals surface area contributed by atoms with Crippen molar-refractivity contribution in [2.75, 3.05) is 0 Å². The monoisotopic (exact) mass is 244 g/mol. The molecule has 1 aliphatic rings. The molecule has 0 bridgehead atoms. The number of halogens is 1. The predicted molar refractivity (Wildman–Crippen MR) is 49.6 cm³/mol. The second kappa shape index (κ2) is 2.87. The normalized spacial score (nSPS) is 19.5. The largest absolute Gasteiger partial charge is 0.480 e. The highest BCUT2D eigenvalue weighted by molar-refractivity contribution is 9.10. The predicted octanol–water partition coefficient (Wildman–Crippen LogP) is 2.55. The van der Waals surface area contributed by atoms with Crippen LogP contribution in [0, 0.1) is 0 Å². The molecule has 0 aromatic carbocycles. The SMILES string of the molecule is O=C(O)C1(c2cc(Br)co2)CCC1. The quantitative estimate of drug-likeness (QED) is 0.870. The standard InChI is InChI=1S/C9H9BrO3/c10-6-4-7(13-5-6)9(8(11)12)2-1-3-9/h4-5H,1-3H2,(H,11,12). The first-order chi connectivity index (χ1) is 6.15. The van der Waals surface area contributed by atoms with Gasteiger partial charge in [-0.3, -0.25) is 4.79 Å². The Bertz CT molecular complexity index is 338. The molecule has 0 aliphatic heterocycles. The molecular weight excluding hydrogens is 236 g/mol. The van der Waals surface area contributed by atoms with Gasteiger partial charge in [-0.15, -0.1) is 0 Å². The average molecular weight is 245 g/mol. The van der Waals surface area contributed by atoms with E-state index in [4.69, 9.17) is 9.52 Å². The van der Waals surface area contributed by atoms with Gasteiger partial charge in [0.1, 0.15) is 17.4 Å². The van der Waals surface area contributed by atoms with Crippen LogP contribution in [0.15, 0.2) is 21.2 Å². The second-order valence-corrected chi connectivity index (χ2v) is 4.29. The van der Waals surface area contributed by atoms with E-state index >= 15 is 0 Å². The van der Waals surface area contributed by atoms with Crippen LogP contribution in [-0.2, 0) is 10.2 Å². The lowest BCUT2D eigenvalue weighted by molar-refractivity contribution is -0.148. The molecule has 2 rings (SSSR count). The molecule has 1 aromatic rings. The highest BCUT2D eigenvalue weighted by Gasteiger charge is 2.48. The van der Waals surface area contributed by atoms with Crippen LogP contribution < -0.4 is 0 Å². The zero-order chi connectivity index (χ0) is 9.47. The van der Waals surface area contributed by atoms with Crippen LogP contribution in [0.5, 0.6) is 0 Å². The van der Waals surface area contributed by atoms with Crippen molar-refractivity contribution < 1.29 is 14.3 Å². The number of carboxylic acid groups (broad SMARTS) is 1. The van der Waals surface area contributed by atoms with Crippen LogP contribution in [0.25, 0.3) is 0 Å². The Morgan fingerprint density at radius 2 is 2.31 bits per heavy atom. The summed E-state index contributed by atoms with van der Waals surface area (Å²) in [5.41, 5.74) is -0.744. The molecule has 3 nitrogen and oxygen atoms in total. The van der Waals surface area contributed by atoms with Crippen molar-refractivity contribution in [3.05, 3.63) is 22.6 Å². The lowest BCUT2D eigenvalue weighted by Crippen LogP contribution is -2.41. The van der Waals surface area contributed by atoms with Crippen molar-refractivity contribution >= 4 is 21.9 Å². The molecule has 0 amide bonds. The second-order valence-electron chi connectivity index (χ2n) is 3.37. The van der Waals surface area contributed by atoms with Gasteiger partial charge in [-0.25, -0.2) is 0 Å². The summed E-state index contributed by atoms with van der Waals surface area (Å²) in [7, 11) is 0. The summed E-state index contributed by atoms with van der Waals surface area (Å²) in [5.74, 6) is -0.210. The first kappa shape index (κ1) is 8.81. The van der Waals surface area contributed by atoms with Crippen LogP contribution in [0.4, 0.5) is 0 Å². The van der Waals surface area contributed by atoms with Gasteiger partial charge in [-0.1, -0.05) is 6.42 Å². The fourth-order valence-corrected chi connectivity index (χ4v) is 1.96. The third-order valence-electron chi connectivity index (χ3n) is 2.66. The number of aliphatic carboxylic acids is 1. The number of furan rings is 1. The van der Waals surface area contributed by atoms with Crippen LogP contribution >= 0.6 is 15.9 Å². The van der Waals surface area contributed by atoms with E-state index in [1.807, 2.05) is 0 Å². The topological polar surface area (TPSA) is 50.4 Å². The van der Waals surface area contributed by atoms with E-state index in [1.165, 1.54) is 6.26 Å². The van der Waals surface area contributed by atoms with Crippen molar-refractivity contribution in [1.29, 1.82) is 0 Å². The summed E-state index contributed by atoms with van der Waals surface area (Å²) in [6.07, 6.45) is 3.85. The zero-order valence-corrected chi connectivity index (χ0v) is 8.50. The van der Waals surface area contributed by atoms with E-state index < -0.39 is 11.4 Å². The summed E-state index contributed by atoms with van der Waals surface area (Å²) in [6.45, 7) is 0.